The van der Waals surface area contributed by atoms with Crippen LogP contribution in [0, 0.1) is 5.92 Å². The molecule has 1 aliphatic carbocycles. The molecule has 0 saturated heterocycles. The number of nitrogens with zero attached hydrogens (tertiary/aromatic N) is 1. The van der Waals surface area contributed by atoms with Crippen LogP contribution in [0.5, 0.6) is 0 Å². The van der Waals surface area contributed by atoms with E-state index in [1.807, 2.05) is 13.0 Å². The van der Waals surface area contributed by atoms with Crippen molar-refractivity contribution in [3.8, 4) is 0 Å². The highest BCUT2D eigenvalue weighted by atomic mass is 32.2. The molecule has 4 nitrogen and oxygen atoms in total. The molecule has 1 aliphatic rings. The zero-order valence-corrected chi connectivity index (χ0v) is 12.6. The van der Waals surface area contributed by atoms with Crippen LogP contribution in [0.15, 0.2) is 42.0 Å². The molecule has 1 fully saturated rings. The number of allylic oxidation sites excluding steroid dienone is 1. The molecule has 20 heavy (non-hydrogen) atoms. The Labute approximate surface area is 120 Å². The lowest BCUT2D eigenvalue weighted by atomic mass is 10.2. The average Bonchev–Trinajstić information content (AvgIpc) is 3.22. The summed E-state index contributed by atoms with van der Waals surface area (Å²) in [5.41, 5.74) is 1.65. The summed E-state index contributed by atoms with van der Waals surface area (Å²) in [6, 6.07) is 8.86. The van der Waals surface area contributed by atoms with E-state index in [0.29, 0.717) is 11.5 Å². The van der Waals surface area contributed by atoms with Crippen molar-refractivity contribution in [2.45, 2.75) is 25.5 Å². The third-order valence-electron chi connectivity index (χ3n) is 3.49. The molecular formula is C15H19NO3S. The van der Waals surface area contributed by atoms with E-state index in [2.05, 4.69) is 0 Å². The Morgan fingerprint density at radius 3 is 2.45 bits per heavy atom. The minimum Gasteiger partial charge on any atom is -0.269 e. The number of sulfonamides is 1. The van der Waals surface area contributed by atoms with E-state index in [0.717, 1.165) is 22.7 Å². The molecule has 0 aliphatic heterocycles. The molecule has 108 valence electrons. The number of benzene rings is 1. The summed E-state index contributed by atoms with van der Waals surface area (Å²) in [6.07, 6.45) is 3.63. The van der Waals surface area contributed by atoms with Crippen molar-refractivity contribution in [1.29, 1.82) is 0 Å². The summed E-state index contributed by atoms with van der Waals surface area (Å²) < 4.78 is 25.2. The van der Waals surface area contributed by atoms with Crippen LogP contribution < -0.4 is 0 Å². The van der Waals surface area contributed by atoms with Crippen molar-refractivity contribution in [1.82, 2.24) is 4.31 Å². The molecule has 0 unspecified atom stereocenters. The Kier molecular flexibility index (Phi) is 4.28. The molecule has 2 rings (SSSR count). The Bertz CT molecular complexity index is 616. The fourth-order valence-electron chi connectivity index (χ4n) is 1.96. The van der Waals surface area contributed by atoms with Gasteiger partial charge in [0, 0.05) is 13.1 Å². The van der Waals surface area contributed by atoms with E-state index in [-0.39, 0.29) is 5.75 Å². The van der Waals surface area contributed by atoms with Gasteiger partial charge in [-0.05, 0) is 31.2 Å². The predicted molar refractivity (Wildman–Crippen MR) is 78.3 cm³/mol. The third-order valence-corrected chi connectivity index (χ3v) is 5.20. The van der Waals surface area contributed by atoms with Crippen LogP contribution in [-0.2, 0) is 20.6 Å². The maximum atomic E-state index is 12.2. The average molecular weight is 293 g/mol. The van der Waals surface area contributed by atoms with Crippen LogP contribution >= 0.6 is 0 Å². The number of amides is 1. The molecule has 0 atom stereocenters. The molecule has 0 N–H and O–H groups in total. The Balaban J connectivity index is 2.08. The van der Waals surface area contributed by atoms with E-state index in [1.54, 1.807) is 24.3 Å². The number of hydrogen-bond acceptors (Lipinski definition) is 3. The van der Waals surface area contributed by atoms with Gasteiger partial charge in [-0.25, -0.2) is 12.7 Å². The highest BCUT2D eigenvalue weighted by Crippen LogP contribution is 2.36. The van der Waals surface area contributed by atoms with Gasteiger partial charge in [0.2, 0.25) is 10.0 Å². The quantitative estimate of drug-likeness (QED) is 0.783. The second kappa shape index (κ2) is 5.79. The van der Waals surface area contributed by atoms with E-state index in [1.165, 1.54) is 13.1 Å². The smallest absolute Gasteiger partial charge is 0.259 e. The first-order valence-electron chi connectivity index (χ1n) is 6.63. The monoisotopic (exact) mass is 293 g/mol. The summed E-state index contributed by atoms with van der Waals surface area (Å²) >= 11 is 0. The lowest BCUT2D eigenvalue weighted by molar-refractivity contribution is -0.120. The second-order valence-corrected chi connectivity index (χ2v) is 7.21. The van der Waals surface area contributed by atoms with Crippen LogP contribution in [-0.4, -0.2) is 25.7 Å². The highest BCUT2D eigenvalue weighted by Gasteiger charge is 2.26. The van der Waals surface area contributed by atoms with Gasteiger partial charge in [-0.15, -0.1) is 0 Å². The van der Waals surface area contributed by atoms with Crippen LogP contribution in [0.25, 0.3) is 0 Å². The Morgan fingerprint density at radius 1 is 1.30 bits per heavy atom. The van der Waals surface area contributed by atoms with Crippen LogP contribution in [0.3, 0.4) is 0 Å². The fourth-order valence-corrected chi connectivity index (χ4v) is 3.10. The molecule has 0 spiro atoms. The molecule has 1 aromatic carbocycles. The highest BCUT2D eigenvalue weighted by molar-refractivity contribution is 7.88. The number of hydrogen-bond donors (Lipinski definition) is 0. The first-order chi connectivity index (χ1) is 9.40. The first kappa shape index (κ1) is 14.8. The molecule has 0 bridgehead atoms. The van der Waals surface area contributed by atoms with Gasteiger partial charge in [0.05, 0.1) is 5.75 Å². The van der Waals surface area contributed by atoms with Gasteiger partial charge in [-0.2, -0.15) is 0 Å². The molecule has 1 amide bonds. The molecule has 0 aromatic heterocycles. The fraction of sp³-hybridized carbons (Fsp3) is 0.400. The van der Waals surface area contributed by atoms with Crippen molar-refractivity contribution in [3.05, 3.63) is 47.5 Å². The summed E-state index contributed by atoms with van der Waals surface area (Å²) in [7, 11) is -2.31. The summed E-state index contributed by atoms with van der Waals surface area (Å²) in [4.78, 5) is 12.0. The number of likely N-dealkylation sites (N-methyl/N-ethyl adjacent to an activating group) is 1. The van der Waals surface area contributed by atoms with Gasteiger partial charge in [0.15, 0.2) is 0 Å². The van der Waals surface area contributed by atoms with E-state index in [9.17, 15) is 13.2 Å². The van der Waals surface area contributed by atoms with Gasteiger partial charge in [-0.3, -0.25) is 4.79 Å². The standard InChI is InChI=1S/C15H19NO3S/c1-12(14-8-9-14)10-15(17)16(2)20(18,19)11-13-6-4-3-5-7-13/h3-7,10,14H,8-9,11H2,1-2H3/b12-10-. The minimum absolute atomic E-state index is 0.160. The van der Waals surface area contributed by atoms with Gasteiger partial charge >= 0.3 is 0 Å². The van der Waals surface area contributed by atoms with Crippen LogP contribution in [0.2, 0.25) is 0 Å². The number of carbonyl (C=O) groups is 1. The lowest BCUT2D eigenvalue weighted by Gasteiger charge is -2.16. The Hall–Kier alpha value is -1.62. The zero-order valence-electron chi connectivity index (χ0n) is 11.7. The topological polar surface area (TPSA) is 54.5 Å². The number of rotatable bonds is 5. The molecule has 0 heterocycles. The molecule has 1 aromatic rings. The van der Waals surface area contributed by atoms with Crippen molar-refractivity contribution >= 4 is 15.9 Å². The normalized spacial score (nSPS) is 16.0. The van der Waals surface area contributed by atoms with Crippen molar-refractivity contribution < 1.29 is 13.2 Å². The van der Waals surface area contributed by atoms with Crippen molar-refractivity contribution in [2.24, 2.45) is 5.92 Å². The van der Waals surface area contributed by atoms with Gasteiger partial charge in [0.25, 0.3) is 5.91 Å². The maximum Gasteiger partial charge on any atom is 0.259 e. The van der Waals surface area contributed by atoms with Crippen LogP contribution in [0.4, 0.5) is 0 Å². The van der Waals surface area contributed by atoms with Gasteiger partial charge in [-0.1, -0.05) is 35.9 Å². The first-order valence-corrected chi connectivity index (χ1v) is 8.24. The van der Waals surface area contributed by atoms with E-state index < -0.39 is 15.9 Å². The SMILES string of the molecule is C/C(=C/C(=O)N(C)S(=O)(=O)Cc1ccccc1)C1CC1. The maximum absolute atomic E-state index is 12.2. The third kappa shape index (κ3) is 3.70. The lowest BCUT2D eigenvalue weighted by Crippen LogP contribution is -2.33. The molecule has 1 saturated carbocycles. The molecule has 5 heteroatoms. The summed E-state index contributed by atoms with van der Waals surface area (Å²) in [6.45, 7) is 1.88. The largest absolute Gasteiger partial charge is 0.269 e. The van der Waals surface area contributed by atoms with Crippen molar-refractivity contribution in [3.63, 3.8) is 0 Å². The second-order valence-electron chi connectivity index (χ2n) is 5.21. The Morgan fingerprint density at radius 2 is 1.90 bits per heavy atom. The molecule has 0 radical (unpaired) electrons. The van der Waals surface area contributed by atoms with E-state index >= 15 is 0 Å². The van der Waals surface area contributed by atoms with Gasteiger partial charge < -0.3 is 0 Å². The molecular weight excluding hydrogens is 274 g/mol. The van der Waals surface area contributed by atoms with Gasteiger partial charge in [0.1, 0.15) is 0 Å². The summed E-state index contributed by atoms with van der Waals surface area (Å²) in [5, 5.41) is 0. The zero-order chi connectivity index (χ0) is 14.8. The van der Waals surface area contributed by atoms with E-state index in [4.69, 9.17) is 0 Å². The number of carbonyl (C=O) groups excluding carboxylic acids is 1. The van der Waals surface area contributed by atoms with Crippen molar-refractivity contribution in [2.75, 3.05) is 7.05 Å². The minimum atomic E-state index is -3.62. The predicted octanol–water partition coefficient (Wildman–Crippen LogP) is 2.33. The van der Waals surface area contributed by atoms with Crippen LogP contribution in [0.1, 0.15) is 25.3 Å². The summed E-state index contributed by atoms with van der Waals surface area (Å²) in [5.74, 6) is -0.165.